The molecule has 0 saturated heterocycles. The van der Waals surface area contributed by atoms with E-state index in [1.807, 2.05) is 19.2 Å². The molecule has 6 nitrogen and oxygen atoms in total. The van der Waals surface area contributed by atoms with Gasteiger partial charge in [0, 0.05) is 37.0 Å². The molecule has 0 aliphatic heterocycles. The number of rotatable bonds is 5. The Bertz CT molecular complexity index is 636. The molecule has 0 aromatic heterocycles. The minimum absolute atomic E-state index is 0.0349. The van der Waals surface area contributed by atoms with Gasteiger partial charge in [0.15, 0.2) is 0 Å². The number of carbonyl (C=O) groups excluding carboxylic acids is 1. The molecule has 0 aliphatic rings. The Labute approximate surface area is 121 Å². The van der Waals surface area contributed by atoms with Gasteiger partial charge in [-0.3, -0.25) is 14.9 Å². The molecule has 0 heterocycles. The van der Waals surface area contributed by atoms with Crippen molar-refractivity contribution >= 4 is 17.3 Å². The number of nitrogens with zero attached hydrogens (tertiary/aromatic N) is 1. The Morgan fingerprint density at radius 3 is 2.24 bits per heavy atom. The second-order valence-corrected chi connectivity index (χ2v) is 4.43. The minimum atomic E-state index is -0.453. The summed E-state index contributed by atoms with van der Waals surface area (Å²) in [5, 5.41) is 16.3. The van der Waals surface area contributed by atoms with Gasteiger partial charge in [-0.25, -0.2) is 0 Å². The number of hydrogen-bond acceptors (Lipinski definition) is 4. The van der Waals surface area contributed by atoms with Gasteiger partial charge < -0.3 is 10.6 Å². The summed E-state index contributed by atoms with van der Waals surface area (Å²) in [7, 11) is 1.81. The number of carbonyl (C=O) groups is 1. The van der Waals surface area contributed by atoms with E-state index in [1.165, 1.54) is 12.1 Å². The predicted molar refractivity (Wildman–Crippen MR) is 80.3 cm³/mol. The van der Waals surface area contributed by atoms with Gasteiger partial charge in [0.1, 0.15) is 0 Å². The first-order valence-electron chi connectivity index (χ1n) is 6.39. The fraction of sp³-hybridized carbons (Fsp3) is 0.133. The largest absolute Gasteiger partial charge is 0.388 e. The smallest absolute Gasteiger partial charge is 0.269 e. The Morgan fingerprint density at radius 2 is 1.71 bits per heavy atom. The van der Waals surface area contributed by atoms with Gasteiger partial charge in [-0.05, 0) is 29.8 Å². The molecule has 1 amide bonds. The predicted octanol–water partition coefficient (Wildman–Crippen LogP) is 2.57. The molecular formula is C15H15N3O3. The summed E-state index contributed by atoms with van der Waals surface area (Å²) in [5.74, 6) is -0.184. The Kier molecular flexibility index (Phi) is 4.50. The summed E-state index contributed by atoms with van der Waals surface area (Å²) in [6.07, 6.45) is 0. The highest BCUT2D eigenvalue weighted by atomic mass is 16.6. The molecule has 6 heteroatoms. The normalized spacial score (nSPS) is 9.95. The van der Waals surface area contributed by atoms with Crippen molar-refractivity contribution in [2.24, 2.45) is 0 Å². The maximum absolute atomic E-state index is 12.0. The summed E-state index contributed by atoms with van der Waals surface area (Å²) in [4.78, 5) is 22.0. The third-order valence-electron chi connectivity index (χ3n) is 3.04. The maximum Gasteiger partial charge on any atom is 0.269 e. The lowest BCUT2D eigenvalue weighted by Gasteiger charge is -2.06. The number of nitro benzene ring substituents is 1. The third-order valence-corrected chi connectivity index (χ3v) is 3.04. The van der Waals surface area contributed by atoms with Gasteiger partial charge in [-0.1, -0.05) is 12.1 Å². The van der Waals surface area contributed by atoms with E-state index in [9.17, 15) is 14.9 Å². The molecule has 0 saturated carbocycles. The van der Waals surface area contributed by atoms with Crippen LogP contribution in [-0.4, -0.2) is 17.9 Å². The second-order valence-electron chi connectivity index (χ2n) is 4.43. The van der Waals surface area contributed by atoms with Crippen molar-refractivity contribution in [1.29, 1.82) is 0 Å². The van der Waals surface area contributed by atoms with Crippen molar-refractivity contribution in [1.82, 2.24) is 5.32 Å². The molecule has 2 aromatic carbocycles. The van der Waals surface area contributed by atoms with E-state index in [-0.39, 0.29) is 11.6 Å². The molecule has 0 radical (unpaired) electrons. The molecule has 0 spiro atoms. The molecular weight excluding hydrogens is 270 g/mol. The Hall–Kier alpha value is -2.89. The van der Waals surface area contributed by atoms with Crippen LogP contribution in [-0.2, 0) is 6.54 Å². The van der Waals surface area contributed by atoms with Crippen molar-refractivity contribution in [3.8, 4) is 0 Å². The fourth-order valence-electron chi connectivity index (χ4n) is 1.81. The van der Waals surface area contributed by atoms with Crippen LogP contribution < -0.4 is 10.6 Å². The molecule has 0 fully saturated rings. The van der Waals surface area contributed by atoms with Crippen LogP contribution in [0.3, 0.4) is 0 Å². The topological polar surface area (TPSA) is 84.3 Å². The van der Waals surface area contributed by atoms with Crippen molar-refractivity contribution in [3.05, 3.63) is 69.8 Å². The molecule has 0 aliphatic carbocycles. The van der Waals surface area contributed by atoms with Gasteiger partial charge in [-0.15, -0.1) is 0 Å². The van der Waals surface area contributed by atoms with Crippen LogP contribution in [0, 0.1) is 10.1 Å². The molecule has 21 heavy (non-hydrogen) atoms. The summed E-state index contributed by atoms with van der Waals surface area (Å²) in [6.45, 7) is 0.324. The number of benzene rings is 2. The van der Waals surface area contributed by atoms with Crippen LogP contribution in [0.15, 0.2) is 48.5 Å². The number of anilines is 1. The molecule has 0 atom stereocenters. The van der Waals surface area contributed by atoms with Crippen LogP contribution in [0.2, 0.25) is 0 Å². The number of non-ortho nitro benzene ring substituents is 1. The summed E-state index contributed by atoms with van der Waals surface area (Å²) in [6, 6.07) is 13.2. The fourth-order valence-corrected chi connectivity index (χ4v) is 1.81. The summed E-state index contributed by atoms with van der Waals surface area (Å²) < 4.78 is 0. The average molecular weight is 285 g/mol. The molecule has 108 valence electrons. The highest BCUT2D eigenvalue weighted by Gasteiger charge is 2.07. The zero-order valence-corrected chi connectivity index (χ0v) is 11.5. The first-order valence-corrected chi connectivity index (χ1v) is 6.39. The number of nitro groups is 1. The van der Waals surface area contributed by atoms with E-state index < -0.39 is 4.92 Å². The van der Waals surface area contributed by atoms with E-state index in [0.29, 0.717) is 12.1 Å². The zero-order valence-electron chi connectivity index (χ0n) is 11.5. The van der Waals surface area contributed by atoms with Crippen LogP contribution in [0.1, 0.15) is 15.9 Å². The Balaban J connectivity index is 1.95. The molecule has 2 rings (SSSR count). The summed E-state index contributed by atoms with van der Waals surface area (Å²) in [5.41, 5.74) is 2.34. The third kappa shape index (κ3) is 3.79. The highest BCUT2D eigenvalue weighted by molar-refractivity contribution is 5.94. The number of nitrogens with one attached hydrogen (secondary N) is 2. The van der Waals surface area contributed by atoms with E-state index in [1.54, 1.807) is 24.3 Å². The van der Waals surface area contributed by atoms with Crippen molar-refractivity contribution in [2.45, 2.75) is 6.54 Å². The number of amides is 1. The van der Waals surface area contributed by atoms with E-state index in [0.717, 1.165) is 11.3 Å². The summed E-state index contributed by atoms with van der Waals surface area (Å²) >= 11 is 0. The van der Waals surface area contributed by atoms with Gasteiger partial charge in [0.2, 0.25) is 0 Å². The zero-order chi connectivity index (χ0) is 15.2. The quantitative estimate of drug-likeness (QED) is 0.653. The van der Waals surface area contributed by atoms with Gasteiger partial charge in [0.05, 0.1) is 4.92 Å². The minimum Gasteiger partial charge on any atom is -0.388 e. The monoisotopic (exact) mass is 285 g/mol. The lowest BCUT2D eigenvalue weighted by Crippen LogP contribution is -2.22. The van der Waals surface area contributed by atoms with Crippen molar-refractivity contribution in [2.75, 3.05) is 12.4 Å². The van der Waals surface area contributed by atoms with E-state index >= 15 is 0 Å². The Morgan fingerprint density at radius 1 is 1.10 bits per heavy atom. The first kappa shape index (κ1) is 14.5. The standard InChI is InChI=1S/C15H15N3O3/c1-16-13-6-4-12(5-7-13)15(19)17-10-11-2-8-14(9-3-11)18(20)21/h2-9,16H,10H2,1H3,(H,17,19). The second kappa shape index (κ2) is 6.51. The molecule has 2 N–H and O–H groups in total. The SMILES string of the molecule is CNc1ccc(C(=O)NCc2ccc([N+](=O)[O-])cc2)cc1. The van der Waals surface area contributed by atoms with Gasteiger partial charge >= 0.3 is 0 Å². The van der Waals surface area contributed by atoms with Crippen LogP contribution >= 0.6 is 0 Å². The van der Waals surface area contributed by atoms with E-state index in [2.05, 4.69) is 10.6 Å². The van der Waals surface area contributed by atoms with Crippen LogP contribution in [0.5, 0.6) is 0 Å². The van der Waals surface area contributed by atoms with E-state index in [4.69, 9.17) is 0 Å². The average Bonchev–Trinajstić information content (AvgIpc) is 2.53. The first-order chi connectivity index (χ1) is 10.1. The number of hydrogen-bond donors (Lipinski definition) is 2. The van der Waals surface area contributed by atoms with Crippen LogP contribution in [0.4, 0.5) is 11.4 Å². The lowest BCUT2D eigenvalue weighted by molar-refractivity contribution is -0.384. The van der Waals surface area contributed by atoms with Crippen molar-refractivity contribution in [3.63, 3.8) is 0 Å². The maximum atomic E-state index is 12.0. The highest BCUT2D eigenvalue weighted by Crippen LogP contribution is 2.12. The lowest BCUT2D eigenvalue weighted by atomic mass is 10.1. The van der Waals surface area contributed by atoms with Gasteiger partial charge in [-0.2, -0.15) is 0 Å². The van der Waals surface area contributed by atoms with Gasteiger partial charge in [0.25, 0.3) is 11.6 Å². The molecule has 0 unspecified atom stereocenters. The molecule has 0 bridgehead atoms. The van der Waals surface area contributed by atoms with Crippen molar-refractivity contribution < 1.29 is 9.72 Å². The van der Waals surface area contributed by atoms with Crippen LogP contribution in [0.25, 0.3) is 0 Å². The molecule has 2 aromatic rings.